The summed E-state index contributed by atoms with van der Waals surface area (Å²) in [5, 5.41) is 9.98. The summed E-state index contributed by atoms with van der Waals surface area (Å²) in [6.45, 7) is 5.76. The Hall–Kier alpha value is -2.63. The number of nitrogens with one attached hydrogen (secondary N) is 2. The fraction of sp³-hybridized carbons (Fsp3) is 0.421. The Balaban J connectivity index is 1.36. The first kappa shape index (κ1) is 17.2. The number of benzene rings is 1. The SMILES string of the molecule is Cc1n[nH]c(C)c1CNC(=O)CCCCN1Cc2ccccc2C1=O. The molecule has 0 radical (unpaired) electrons. The van der Waals surface area contributed by atoms with Crippen molar-refractivity contribution < 1.29 is 9.59 Å². The van der Waals surface area contributed by atoms with Gasteiger partial charge in [0.25, 0.3) is 5.91 Å². The molecule has 1 aromatic carbocycles. The van der Waals surface area contributed by atoms with Gasteiger partial charge in [-0.2, -0.15) is 5.10 Å². The first-order valence-electron chi connectivity index (χ1n) is 8.70. The van der Waals surface area contributed by atoms with Gasteiger partial charge in [0.15, 0.2) is 0 Å². The highest BCUT2D eigenvalue weighted by Crippen LogP contribution is 2.22. The summed E-state index contributed by atoms with van der Waals surface area (Å²) >= 11 is 0. The first-order valence-corrected chi connectivity index (χ1v) is 8.70. The molecule has 25 heavy (non-hydrogen) atoms. The molecule has 3 rings (SSSR count). The van der Waals surface area contributed by atoms with Gasteiger partial charge in [-0.25, -0.2) is 0 Å². The van der Waals surface area contributed by atoms with Crippen molar-refractivity contribution in [2.75, 3.05) is 6.54 Å². The molecule has 2 aromatic rings. The highest BCUT2D eigenvalue weighted by atomic mass is 16.2. The number of carbonyl (C=O) groups excluding carboxylic acids is 2. The van der Waals surface area contributed by atoms with Gasteiger partial charge in [0.1, 0.15) is 0 Å². The van der Waals surface area contributed by atoms with E-state index in [4.69, 9.17) is 0 Å². The molecule has 0 aliphatic carbocycles. The lowest BCUT2D eigenvalue weighted by atomic mass is 10.1. The number of amides is 2. The minimum absolute atomic E-state index is 0.0380. The highest BCUT2D eigenvalue weighted by molar-refractivity contribution is 5.98. The Kier molecular flexibility index (Phi) is 5.16. The molecular formula is C19H24N4O2. The Morgan fingerprint density at radius 3 is 2.80 bits per heavy atom. The van der Waals surface area contributed by atoms with Crippen LogP contribution in [0.4, 0.5) is 0 Å². The zero-order valence-corrected chi connectivity index (χ0v) is 14.8. The zero-order chi connectivity index (χ0) is 17.8. The van der Waals surface area contributed by atoms with Crippen LogP contribution in [0.5, 0.6) is 0 Å². The number of aromatic nitrogens is 2. The van der Waals surface area contributed by atoms with Crippen LogP contribution in [0.3, 0.4) is 0 Å². The van der Waals surface area contributed by atoms with Gasteiger partial charge in [0, 0.05) is 42.9 Å². The van der Waals surface area contributed by atoms with Crippen LogP contribution in [0, 0.1) is 13.8 Å². The number of hydrogen-bond donors (Lipinski definition) is 2. The molecule has 0 saturated carbocycles. The number of nitrogens with zero attached hydrogens (tertiary/aromatic N) is 2. The van der Waals surface area contributed by atoms with E-state index in [0.29, 0.717) is 26.1 Å². The van der Waals surface area contributed by atoms with Crippen LogP contribution >= 0.6 is 0 Å². The summed E-state index contributed by atoms with van der Waals surface area (Å²) in [7, 11) is 0. The van der Waals surface area contributed by atoms with Crippen LogP contribution in [-0.4, -0.2) is 33.5 Å². The highest BCUT2D eigenvalue weighted by Gasteiger charge is 2.25. The quantitative estimate of drug-likeness (QED) is 0.760. The average Bonchev–Trinajstić information content (AvgIpc) is 3.10. The van der Waals surface area contributed by atoms with Crippen molar-refractivity contribution in [2.45, 2.75) is 46.2 Å². The van der Waals surface area contributed by atoms with Crippen molar-refractivity contribution in [3.8, 4) is 0 Å². The van der Waals surface area contributed by atoms with E-state index >= 15 is 0 Å². The summed E-state index contributed by atoms with van der Waals surface area (Å²) in [6.07, 6.45) is 2.08. The van der Waals surface area contributed by atoms with Crippen molar-refractivity contribution in [3.05, 3.63) is 52.3 Å². The second-order valence-electron chi connectivity index (χ2n) is 6.53. The minimum atomic E-state index is 0.0380. The topological polar surface area (TPSA) is 78.1 Å². The van der Waals surface area contributed by atoms with E-state index < -0.39 is 0 Å². The maximum absolute atomic E-state index is 12.3. The van der Waals surface area contributed by atoms with E-state index in [1.54, 1.807) is 0 Å². The Morgan fingerprint density at radius 2 is 2.08 bits per heavy atom. The van der Waals surface area contributed by atoms with Crippen LogP contribution in [0.1, 0.15) is 52.1 Å². The molecule has 6 nitrogen and oxygen atoms in total. The minimum Gasteiger partial charge on any atom is -0.352 e. The maximum Gasteiger partial charge on any atom is 0.254 e. The van der Waals surface area contributed by atoms with Gasteiger partial charge >= 0.3 is 0 Å². The number of carbonyl (C=O) groups is 2. The number of fused-ring (bicyclic) bond motifs is 1. The van der Waals surface area contributed by atoms with Crippen molar-refractivity contribution in [3.63, 3.8) is 0 Å². The number of hydrogen-bond acceptors (Lipinski definition) is 3. The summed E-state index contributed by atoms with van der Waals surface area (Å²) < 4.78 is 0. The molecule has 0 bridgehead atoms. The Morgan fingerprint density at radius 1 is 1.28 bits per heavy atom. The van der Waals surface area contributed by atoms with Crippen LogP contribution in [0.15, 0.2) is 24.3 Å². The van der Waals surface area contributed by atoms with Crippen molar-refractivity contribution >= 4 is 11.8 Å². The number of aromatic amines is 1. The van der Waals surface area contributed by atoms with Gasteiger partial charge in [-0.1, -0.05) is 18.2 Å². The Bertz CT molecular complexity index is 762. The smallest absolute Gasteiger partial charge is 0.254 e. The number of H-pyrrole nitrogens is 1. The number of rotatable bonds is 7. The molecule has 1 aliphatic rings. The lowest BCUT2D eigenvalue weighted by Gasteiger charge is -2.15. The van der Waals surface area contributed by atoms with Crippen LogP contribution < -0.4 is 5.32 Å². The van der Waals surface area contributed by atoms with Gasteiger partial charge in [-0.05, 0) is 38.3 Å². The Labute approximate surface area is 147 Å². The van der Waals surface area contributed by atoms with Crippen molar-refractivity contribution in [1.82, 2.24) is 20.4 Å². The van der Waals surface area contributed by atoms with Crippen LogP contribution in [0.2, 0.25) is 0 Å². The average molecular weight is 340 g/mol. The number of aryl methyl sites for hydroxylation is 2. The molecule has 0 fully saturated rings. The molecule has 132 valence electrons. The third-order valence-electron chi connectivity index (χ3n) is 4.72. The molecule has 2 N–H and O–H groups in total. The normalized spacial score (nSPS) is 13.2. The second kappa shape index (κ2) is 7.51. The van der Waals surface area contributed by atoms with Crippen LogP contribution in [-0.2, 0) is 17.9 Å². The zero-order valence-electron chi connectivity index (χ0n) is 14.8. The summed E-state index contributed by atoms with van der Waals surface area (Å²) in [5.74, 6) is 0.141. The predicted molar refractivity (Wildman–Crippen MR) is 94.9 cm³/mol. The van der Waals surface area contributed by atoms with E-state index in [2.05, 4.69) is 15.5 Å². The maximum atomic E-state index is 12.3. The fourth-order valence-corrected chi connectivity index (χ4v) is 3.19. The number of unbranched alkanes of at least 4 members (excludes halogenated alkanes) is 1. The van der Waals surface area contributed by atoms with Crippen molar-refractivity contribution in [2.24, 2.45) is 0 Å². The molecule has 2 amide bonds. The molecule has 6 heteroatoms. The third kappa shape index (κ3) is 3.90. The molecule has 2 heterocycles. The molecule has 0 spiro atoms. The molecule has 1 aliphatic heterocycles. The van der Waals surface area contributed by atoms with E-state index in [1.165, 1.54) is 0 Å². The summed E-state index contributed by atoms with van der Waals surface area (Å²) in [4.78, 5) is 26.1. The molecule has 1 aromatic heterocycles. The molecule has 0 atom stereocenters. The fourth-order valence-electron chi connectivity index (χ4n) is 3.19. The lowest BCUT2D eigenvalue weighted by Crippen LogP contribution is -2.26. The molecule has 0 saturated heterocycles. The third-order valence-corrected chi connectivity index (χ3v) is 4.72. The van der Waals surface area contributed by atoms with E-state index in [0.717, 1.165) is 40.9 Å². The standard InChI is InChI=1S/C19H24N4O2/c1-13-17(14(2)22-21-13)11-20-18(24)9-5-6-10-23-12-15-7-3-4-8-16(15)19(23)25/h3-4,7-8H,5-6,9-12H2,1-2H3,(H,20,24)(H,21,22). The van der Waals surface area contributed by atoms with E-state index in [1.807, 2.05) is 43.0 Å². The van der Waals surface area contributed by atoms with Crippen LogP contribution in [0.25, 0.3) is 0 Å². The molecule has 0 unspecified atom stereocenters. The molecular weight excluding hydrogens is 316 g/mol. The monoisotopic (exact) mass is 340 g/mol. The largest absolute Gasteiger partial charge is 0.352 e. The van der Waals surface area contributed by atoms with Gasteiger partial charge in [-0.3, -0.25) is 14.7 Å². The summed E-state index contributed by atoms with van der Waals surface area (Å²) in [5.41, 5.74) is 4.87. The lowest BCUT2D eigenvalue weighted by molar-refractivity contribution is -0.121. The van der Waals surface area contributed by atoms with Crippen molar-refractivity contribution in [1.29, 1.82) is 0 Å². The van der Waals surface area contributed by atoms with Gasteiger partial charge < -0.3 is 10.2 Å². The summed E-state index contributed by atoms with van der Waals surface area (Å²) in [6, 6.07) is 7.74. The van der Waals surface area contributed by atoms with Gasteiger partial charge in [0.2, 0.25) is 5.91 Å². The van der Waals surface area contributed by atoms with E-state index in [-0.39, 0.29) is 11.8 Å². The first-order chi connectivity index (χ1) is 12.1. The van der Waals surface area contributed by atoms with Gasteiger partial charge in [-0.15, -0.1) is 0 Å². The van der Waals surface area contributed by atoms with Gasteiger partial charge in [0.05, 0.1) is 5.69 Å². The second-order valence-corrected chi connectivity index (χ2v) is 6.53. The predicted octanol–water partition coefficient (Wildman–Crippen LogP) is 2.47. The van der Waals surface area contributed by atoms with E-state index in [9.17, 15) is 9.59 Å².